The van der Waals surface area contributed by atoms with E-state index in [4.69, 9.17) is 10.2 Å². The molecular weight excluding hydrogens is 253 g/mol. The van der Waals surface area contributed by atoms with Crippen molar-refractivity contribution in [1.82, 2.24) is 4.98 Å². The lowest BCUT2D eigenvalue weighted by Gasteiger charge is -2.05. The summed E-state index contributed by atoms with van der Waals surface area (Å²) in [6, 6.07) is 1.05. The molecule has 2 heterocycles. The minimum absolute atomic E-state index is 0.359. The summed E-state index contributed by atoms with van der Waals surface area (Å²) in [4.78, 5) is 3.68. The average Bonchev–Trinajstić information content (AvgIpc) is 2.83. The van der Waals surface area contributed by atoms with E-state index < -0.39 is 17.2 Å². The van der Waals surface area contributed by atoms with Crippen LogP contribution >= 0.6 is 11.3 Å². The molecule has 2 rings (SSSR count). The van der Waals surface area contributed by atoms with E-state index in [2.05, 4.69) is 4.98 Å². The Morgan fingerprint density at radius 2 is 2.18 bits per heavy atom. The van der Waals surface area contributed by atoms with Crippen LogP contribution in [-0.2, 0) is 6.18 Å². The maximum atomic E-state index is 12.4. The topological polar surface area (TPSA) is 52.0 Å². The zero-order chi connectivity index (χ0) is 12.6. The quantitative estimate of drug-likeness (QED) is 0.904. The largest absolute Gasteiger partial charge is 0.469 e. The van der Waals surface area contributed by atoms with Crippen LogP contribution < -0.4 is 5.73 Å². The average molecular weight is 262 g/mol. The minimum Gasteiger partial charge on any atom is -0.469 e. The van der Waals surface area contributed by atoms with Gasteiger partial charge in [-0.15, -0.1) is 11.3 Å². The van der Waals surface area contributed by atoms with Gasteiger partial charge in [-0.25, -0.2) is 4.98 Å². The predicted molar refractivity (Wildman–Crippen MR) is 56.6 cm³/mol. The van der Waals surface area contributed by atoms with Crippen LogP contribution in [-0.4, -0.2) is 4.98 Å². The fourth-order valence-corrected chi connectivity index (χ4v) is 2.17. The normalized spacial score (nSPS) is 13.9. The zero-order valence-electron chi connectivity index (χ0n) is 8.78. The highest BCUT2D eigenvalue weighted by Crippen LogP contribution is 2.35. The van der Waals surface area contributed by atoms with E-state index in [0.29, 0.717) is 27.5 Å². The Morgan fingerprint density at radius 1 is 1.47 bits per heavy atom. The third-order valence-corrected chi connectivity index (χ3v) is 3.31. The van der Waals surface area contributed by atoms with Crippen LogP contribution in [0, 0.1) is 6.92 Å². The summed E-state index contributed by atoms with van der Waals surface area (Å²) in [6.07, 6.45) is -1.83. The number of hydrogen-bond donors (Lipinski definition) is 1. The van der Waals surface area contributed by atoms with Gasteiger partial charge in [-0.05, 0) is 13.0 Å². The van der Waals surface area contributed by atoms with Crippen molar-refractivity contribution in [3.05, 3.63) is 39.7 Å². The lowest BCUT2D eigenvalue weighted by molar-refractivity contribution is -0.137. The number of halogens is 3. The second-order valence-corrected chi connectivity index (χ2v) is 4.60. The van der Waals surface area contributed by atoms with Gasteiger partial charge in [0.1, 0.15) is 5.76 Å². The lowest BCUT2D eigenvalue weighted by Crippen LogP contribution is -2.09. The first-order valence-electron chi connectivity index (χ1n) is 4.71. The van der Waals surface area contributed by atoms with Crippen molar-refractivity contribution in [1.29, 1.82) is 0 Å². The molecule has 0 spiro atoms. The van der Waals surface area contributed by atoms with Crippen LogP contribution in [0.25, 0.3) is 0 Å². The molecule has 0 bridgehead atoms. The van der Waals surface area contributed by atoms with Crippen LogP contribution in [0.1, 0.15) is 27.3 Å². The summed E-state index contributed by atoms with van der Waals surface area (Å²) >= 11 is 0.549. The Morgan fingerprint density at radius 3 is 2.65 bits per heavy atom. The van der Waals surface area contributed by atoms with Gasteiger partial charge >= 0.3 is 6.18 Å². The van der Waals surface area contributed by atoms with E-state index in [1.165, 1.54) is 6.26 Å². The molecule has 3 nitrogen and oxygen atoms in total. The van der Waals surface area contributed by atoms with Gasteiger partial charge in [-0.1, -0.05) is 0 Å². The number of aromatic nitrogens is 1. The zero-order valence-corrected chi connectivity index (χ0v) is 9.60. The van der Waals surface area contributed by atoms with Crippen molar-refractivity contribution in [2.24, 2.45) is 5.73 Å². The highest BCUT2D eigenvalue weighted by Gasteiger charge is 2.35. The number of furan rings is 1. The van der Waals surface area contributed by atoms with E-state index in [1.54, 1.807) is 13.0 Å². The number of aryl methyl sites for hydroxylation is 1. The molecule has 2 aromatic rings. The molecule has 2 aromatic heterocycles. The van der Waals surface area contributed by atoms with E-state index >= 15 is 0 Å². The molecule has 0 saturated carbocycles. The SMILES string of the molecule is Cc1cc(C(N)c2cnc(C(F)(F)F)s2)co1. The van der Waals surface area contributed by atoms with Crippen LogP contribution in [0.2, 0.25) is 0 Å². The second-order valence-electron chi connectivity index (χ2n) is 3.53. The fraction of sp³-hybridized carbons (Fsp3) is 0.300. The molecule has 92 valence electrons. The van der Waals surface area contributed by atoms with E-state index in [0.717, 1.165) is 6.20 Å². The number of thiazole rings is 1. The van der Waals surface area contributed by atoms with Crippen LogP contribution in [0.4, 0.5) is 13.2 Å². The van der Waals surface area contributed by atoms with Gasteiger partial charge in [-0.3, -0.25) is 0 Å². The summed E-state index contributed by atoms with van der Waals surface area (Å²) in [7, 11) is 0. The molecule has 0 aliphatic rings. The molecule has 0 amide bonds. The van der Waals surface area contributed by atoms with Gasteiger partial charge in [0.2, 0.25) is 0 Å². The first-order valence-corrected chi connectivity index (χ1v) is 5.53. The first kappa shape index (κ1) is 12.1. The van der Waals surface area contributed by atoms with Gasteiger partial charge in [0.25, 0.3) is 0 Å². The highest BCUT2D eigenvalue weighted by atomic mass is 32.1. The molecule has 1 atom stereocenters. The Bertz CT molecular complexity index is 518. The molecule has 1 unspecified atom stereocenters. The Kier molecular flexibility index (Phi) is 2.96. The molecule has 0 radical (unpaired) electrons. The number of hydrogen-bond acceptors (Lipinski definition) is 4. The minimum atomic E-state index is -4.42. The van der Waals surface area contributed by atoms with Crippen molar-refractivity contribution in [2.45, 2.75) is 19.1 Å². The van der Waals surface area contributed by atoms with Crippen LogP contribution in [0.15, 0.2) is 22.9 Å². The van der Waals surface area contributed by atoms with Crippen LogP contribution in [0.3, 0.4) is 0 Å². The Hall–Kier alpha value is -1.34. The van der Waals surface area contributed by atoms with Gasteiger partial charge in [0.05, 0.1) is 12.3 Å². The Balaban J connectivity index is 2.26. The third kappa shape index (κ3) is 2.50. The number of rotatable bonds is 2. The predicted octanol–water partition coefficient (Wildman–Crippen LogP) is 3.11. The van der Waals surface area contributed by atoms with Crippen molar-refractivity contribution >= 4 is 11.3 Å². The van der Waals surface area contributed by atoms with Gasteiger partial charge in [0.15, 0.2) is 5.01 Å². The summed E-state index contributed by atoms with van der Waals surface area (Å²) in [5.74, 6) is 0.663. The fourth-order valence-electron chi connectivity index (χ4n) is 1.35. The van der Waals surface area contributed by atoms with Crippen molar-refractivity contribution < 1.29 is 17.6 Å². The molecule has 0 aliphatic heterocycles. The van der Waals surface area contributed by atoms with Crippen molar-refractivity contribution in [3.63, 3.8) is 0 Å². The maximum absolute atomic E-state index is 12.4. The molecule has 7 heteroatoms. The molecule has 0 aromatic carbocycles. The molecular formula is C10H9F3N2OS. The Labute approximate surface area is 99.1 Å². The molecule has 0 saturated heterocycles. The highest BCUT2D eigenvalue weighted by molar-refractivity contribution is 7.11. The summed E-state index contributed by atoms with van der Waals surface area (Å²) < 4.78 is 42.1. The molecule has 17 heavy (non-hydrogen) atoms. The summed E-state index contributed by atoms with van der Waals surface area (Å²) in [6.45, 7) is 1.74. The smallest absolute Gasteiger partial charge is 0.443 e. The van der Waals surface area contributed by atoms with Crippen molar-refractivity contribution in [2.75, 3.05) is 0 Å². The second kappa shape index (κ2) is 4.15. The lowest BCUT2D eigenvalue weighted by atomic mass is 10.1. The van der Waals surface area contributed by atoms with Crippen molar-refractivity contribution in [3.8, 4) is 0 Å². The van der Waals surface area contributed by atoms with Gasteiger partial charge in [0, 0.05) is 16.6 Å². The standard InChI is InChI=1S/C10H9F3N2OS/c1-5-2-6(4-16-5)8(14)7-3-15-9(17-7)10(11,12)13/h2-4,8H,14H2,1H3. The molecule has 0 fully saturated rings. The number of nitrogens with zero attached hydrogens (tertiary/aromatic N) is 1. The first-order chi connectivity index (χ1) is 7.88. The third-order valence-electron chi connectivity index (χ3n) is 2.18. The monoisotopic (exact) mass is 262 g/mol. The molecule has 0 aliphatic carbocycles. The molecule has 2 N–H and O–H groups in total. The maximum Gasteiger partial charge on any atom is 0.443 e. The summed E-state index contributed by atoms with van der Waals surface area (Å²) in [5.41, 5.74) is 6.47. The van der Waals surface area contributed by atoms with Gasteiger partial charge < -0.3 is 10.2 Å². The summed E-state index contributed by atoms with van der Waals surface area (Å²) in [5, 5.41) is -0.886. The van der Waals surface area contributed by atoms with Crippen LogP contribution in [0.5, 0.6) is 0 Å². The number of nitrogens with two attached hydrogens (primary N) is 1. The van der Waals surface area contributed by atoms with E-state index in [1.807, 2.05) is 0 Å². The van der Waals surface area contributed by atoms with E-state index in [-0.39, 0.29) is 0 Å². The van der Waals surface area contributed by atoms with Gasteiger partial charge in [-0.2, -0.15) is 13.2 Å². The van der Waals surface area contributed by atoms with E-state index in [9.17, 15) is 13.2 Å². The number of alkyl halides is 3.